The van der Waals surface area contributed by atoms with Crippen LogP contribution in [0.4, 0.5) is 5.69 Å². The highest BCUT2D eigenvalue weighted by molar-refractivity contribution is 6.04. The molecule has 0 spiro atoms. The molecule has 0 fully saturated rings. The Balaban J connectivity index is 1.66. The first-order chi connectivity index (χ1) is 14.4. The summed E-state index contributed by atoms with van der Waals surface area (Å²) in [6.45, 7) is 1.50. The van der Waals surface area contributed by atoms with Gasteiger partial charge in [-0.3, -0.25) is 9.59 Å². The molecule has 1 amide bonds. The summed E-state index contributed by atoms with van der Waals surface area (Å²) in [7, 11) is 4.00. The van der Waals surface area contributed by atoms with Crippen LogP contribution in [0.25, 0.3) is 33.3 Å². The Morgan fingerprint density at radius 3 is 2.73 bits per heavy atom. The molecule has 0 saturated carbocycles. The van der Waals surface area contributed by atoms with Crippen LogP contribution in [-0.4, -0.2) is 52.9 Å². The molecule has 0 unspecified atom stereocenters. The van der Waals surface area contributed by atoms with Crippen LogP contribution in [0.5, 0.6) is 0 Å². The van der Waals surface area contributed by atoms with Gasteiger partial charge < -0.3 is 25.9 Å². The third-order valence-electron chi connectivity index (χ3n) is 5.00. The summed E-state index contributed by atoms with van der Waals surface area (Å²) < 4.78 is 0. The van der Waals surface area contributed by atoms with Gasteiger partial charge in [0, 0.05) is 23.0 Å². The van der Waals surface area contributed by atoms with Gasteiger partial charge >= 0.3 is 0 Å². The van der Waals surface area contributed by atoms with E-state index in [2.05, 4.69) is 25.2 Å². The quantitative estimate of drug-likeness (QED) is 0.368. The fraction of sp³-hybridized carbons (Fsp3) is 0.227. The molecular weight excluding hydrogens is 380 g/mol. The standard InChI is InChI=1S/C22H24N6O2/c1-28(2)11-5-10-24-21(29)13-8-9-15-14(12-13)18(23)19(25-15)20-22(30)27-17-7-4-3-6-16(17)26-20/h3-4,6-9,12,25H,5,10-11,23H2,1-2H3,(H,24,29)(H,27,30). The van der Waals surface area contributed by atoms with Gasteiger partial charge in [0.25, 0.3) is 11.5 Å². The molecule has 8 nitrogen and oxygen atoms in total. The van der Waals surface area contributed by atoms with Gasteiger partial charge in [-0.05, 0) is 57.4 Å². The SMILES string of the molecule is CN(C)CCCNC(=O)c1ccc2[nH]c(-c3nc4ccccc4[nH]c3=O)c(N)c2c1. The van der Waals surface area contributed by atoms with E-state index in [-0.39, 0.29) is 17.2 Å². The number of hydrogen-bond donors (Lipinski definition) is 4. The van der Waals surface area contributed by atoms with Crippen LogP contribution < -0.4 is 16.6 Å². The van der Waals surface area contributed by atoms with Gasteiger partial charge in [0.2, 0.25) is 0 Å². The number of nitrogens with two attached hydrogens (primary N) is 1. The lowest BCUT2D eigenvalue weighted by Crippen LogP contribution is -2.27. The topological polar surface area (TPSA) is 120 Å². The van der Waals surface area contributed by atoms with Crippen molar-refractivity contribution in [3.8, 4) is 11.4 Å². The summed E-state index contributed by atoms with van der Waals surface area (Å²) in [6.07, 6.45) is 0.869. The number of carbonyl (C=O) groups excluding carboxylic acids is 1. The molecule has 0 radical (unpaired) electrons. The van der Waals surface area contributed by atoms with Crippen LogP contribution in [0.2, 0.25) is 0 Å². The Morgan fingerprint density at radius 2 is 1.93 bits per heavy atom. The van der Waals surface area contributed by atoms with Crippen LogP contribution >= 0.6 is 0 Å². The fourth-order valence-corrected chi connectivity index (χ4v) is 3.44. The number of nitrogens with one attached hydrogen (secondary N) is 3. The number of hydrogen-bond acceptors (Lipinski definition) is 5. The number of amides is 1. The van der Waals surface area contributed by atoms with Gasteiger partial charge in [-0.2, -0.15) is 0 Å². The monoisotopic (exact) mass is 404 g/mol. The number of rotatable bonds is 6. The summed E-state index contributed by atoms with van der Waals surface area (Å²) in [4.78, 5) is 37.6. The van der Waals surface area contributed by atoms with Crippen molar-refractivity contribution < 1.29 is 4.79 Å². The Hall–Kier alpha value is -3.65. The summed E-state index contributed by atoms with van der Waals surface area (Å²) in [6, 6.07) is 12.6. The third-order valence-corrected chi connectivity index (χ3v) is 5.00. The number of para-hydroxylation sites is 2. The Morgan fingerprint density at radius 1 is 1.13 bits per heavy atom. The van der Waals surface area contributed by atoms with E-state index in [1.807, 2.05) is 32.3 Å². The number of aromatic nitrogens is 3. The number of carbonyl (C=O) groups is 1. The molecule has 4 rings (SSSR count). The largest absolute Gasteiger partial charge is 0.396 e. The first-order valence-electron chi connectivity index (χ1n) is 9.77. The maximum Gasteiger partial charge on any atom is 0.276 e. The van der Waals surface area contributed by atoms with Crippen molar-refractivity contribution in [3.05, 3.63) is 58.4 Å². The molecule has 0 saturated heterocycles. The predicted octanol–water partition coefficient (Wildman–Crippen LogP) is 2.34. The van der Waals surface area contributed by atoms with Crippen LogP contribution in [0.15, 0.2) is 47.3 Å². The van der Waals surface area contributed by atoms with Crippen molar-refractivity contribution in [3.63, 3.8) is 0 Å². The van der Waals surface area contributed by atoms with Gasteiger partial charge in [0.05, 0.1) is 22.4 Å². The highest BCUT2D eigenvalue weighted by Crippen LogP contribution is 2.31. The number of H-pyrrole nitrogens is 2. The van der Waals surface area contributed by atoms with E-state index in [1.54, 1.807) is 24.3 Å². The summed E-state index contributed by atoms with van der Waals surface area (Å²) in [5, 5.41) is 3.60. The number of nitrogen functional groups attached to an aromatic ring is 1. The lowest BCUT2D eigenvalue weighted by Gasteiger charge is -2.10. The second-order valence-electron chi connectivity index (χ2n) is 7.52. The summed E-state index contributed by atoms with van der Waals surface area (Å²) in [5.74, 6) is -0.153. The molecule has 2 heterocycles. The van der Waals surface area contributed by atoms with E-state index in [0.29, 0.717) is 39.9 Å². The number of nitrogens with zero attached hydrogens (tertiary/aromatic N) is 2. The van der Waals surface area contributed by atoms with E-state index in [1.165, 1.54) is 0 Å². The Kier molecular flexibility index (Phi) is 5.24. The van der Waals surface area contributed by atoms with Gasteiger partial charge in [0.15, 0.2) is 5.69 Å². The zero-order chi connectivity index (χ0) is 21.3. The van der Waals surface area contributed by atoms with Crippen molar-refractivity contribution in [2.75, 3.05) is 32.9 Å². The third kappa shape index (κ3) is 3.77. The molecule has 0 bridgehead atoms. The van der Waals surface area contributed by atoms with Crippen molar-refractivity contribution >= 4 is 33.5 Å². The summed E-state index contributed by atoms with van der Waals surface area (Å²) >= 11 is 0. The van der Waals surface area contributed by atoms with E-state index in [0.717, 1.165) is 18.5 Å². The average Bonchev–Trinajstić information content (AvgIpc) is 3.06. The summed E-state index contributed by atoms with van der Waals surface area (Å²) in [5.41, 5.74) is 9.66. The molecule has 0 aliphatic carbocycles. The highest BCUT2D eigenvalue weighted by atomic mass is 16.1. The Bertz CT molecular complexity index is 1290. The van der Waals surface area contributed by atoms with Crippen LogP contribution in [0.1, 0.15) is 16.8 Å². The normalized spacial score (nSPS) is 11.4. The number of fused-ring (bicyclic) bond motifs is 2. The minimum absolute atomic E-state index is 0.153. The molecule has 30 heavy (non-hydrogen) atoms. The van der Waals surface area contributed by atoms with E-state index in [4.69, 9.17) is 5.73 Å². The van der Waals surface area contributed by atoms with Crippen molar-refractivity contribution in [1.29, 1.82) is 0 Å². The molecule has 0 atom stereocenters. The van der Waals surface area contributed by atoms with Crippen molar-refractivity contribution in [2.45, 2.75) is 6.42 Å². The van der Waals surface area contributed by atoms with E-state index >= 15 is 0 Å². The molecule has 4 aromatic rings. The molecule has 0 aliphatic rings. The number of anilines is 1. The zero-order valence-electron chi connectivity index (χ0n) is 17.0. The molecular formula is C22H24N6O2. The maximum atomic E-state index is 12.6. The molecule has 2 aromatic carbocycles. The first kappa shape index (κ1) is 19.7. The molecule has 5 N–H and O–H groups in total. The molecule has 2 aromatic heterocycles. The second-order valence-corrected chi connectivity index (χ2v) is 7.52. The molecule has 154 valence electrons. The van der Waals surface area contributed by atoms with Crippen LogP contribution in [0, 0.1) is 0 Å². The second kappa shape index (κ2) is 8.00. The van der Waals surface area contributed by atoms with Gasteiger partial charge in [0.1, 0.15) is 0 Å². The lowest BCUT2D eigenvalue weighted by molar-refractivity contribution is 0.0952. The fourth-order valence-electron chi connectivity index (χ4n) is 3.44. The minimum atomic E-state index is -0.328. The highest BCUT2D eigenvalue weighted by Gasteiger charge is 2.17. The first-order valence-corrected chi connectivity index (χ1v) is 9.77. The van der Waals surface area contributed by atoms with Crippen molar-refractivity contribution in [2.24, 2.45) is 0 Å². The van der Waals surface area contributed by atoms with Crippen LogP contribution in [0.3, 0.4) is 0 Å². The maximum absolute atomic E-state index is 12.6. The minimum Gasteiger partial charge on any atom is -0.396 e. The molecule has 8 heteroatoms. The van der Waals surface area contributed by atoms with E-state index in [9.17, 15) is 9.59 Å². The zero-order valence-corrected chi connectivity index (χ0v) is 17.0. The number of benzene rings is 2. The molecule has 0 aliphatic heterocycles. The van der Waals surface area contributed by atoms with Crippen LogP contribution in [-0.2, 0) is 0 Å². The van der Waals surface area contributed by atoms with Gasteiger partial charge in [-0.25, -0.2) is 4.98 Å². The Labute approximate surface area is 173 Å². The smallest absolute Gasteiger partial charge is 0.276 e. The number of aromatic amines is 2. The van der Waals surface area contributed by atoms with Crippen molar-refractivity contribution in [1.82, 2.24) is 25.2 Å². The average molecular weight is 404 g/mol. The lowest BCUT2D eigenvalue weighted by atomic mass is 10.1. The van der Waals surface area contributed by atoms with Gasteiger partial charge in [-0.1, -0.05) is 12.1 Å². The predicted molar refractivity (Wildman–Crippen MR) is 120 cm³/mol. The van der Waals surface area contributed by atoms with E-state index < -0.39 is 0 Å². The van der Waals surface area contributed by atoms with Gasteiger partial charge in [-0.15, -0.1) is 0 Å².